The molecule has 2 heteroatoms. The molecule has 0 unspecified atom stereocenters. The number of phenols is 2. The lowest BCUT2D eigenvalue weighted by Crippen LogP contribution is -2.00. The second-order valence-corrected chi connectivity index (χ2v) is 9.85. The van der Waals surface area contributed by atoms with Gasteiger partial charge >= 0.3 is 0 Å². The summed E-state index contributed by atoms with van der Waals surface area (Å²) in [6.07, 6.45) is 18.8. The second-order valence-electron chi connectivity index (χ2n) is 9.85. The number of hydrogen-bond acceptors (Lipinski definition) is 2. The first-order valence-corrected chi connectivity index (χ1v) is 11.5. The lowest BCUT2D eigenvalue weighted by atomic mass is 9.92. The van der Waals surface area contributed by atoms with Gasteiger partial charge in [-0.3, -0.25) is 0 Å². The van der Waals surface area contributed by atoms with Crippen LogP contribution in [-0.4, -0.2) is 10.2 Å². The SMILES string of the molecule is CCC1(CCCCCc2c(O)ccc(O)c2CCCCCC2(C)CC2)CC1. The highest BCUT2D eigenvalue weighted by Crippen LogP contribution is 2.52. The van der Waals surface area contributed by atoms with Gasteiger partial charge in [0.2, 0.25) is 0 Å². The molecule has 0 radical (unpaired) electrons. The highest BCUT2D eigenvalue weighted by atomic mass is 16.3. The summed E-state index contributed by atoms with van der Waals surface area (Å²) in [6.45, 7) is 4.73. The minimum atomic E-state index is 0.375. The Morgan fingerprint density at radius 3 is 1.70 bits per heavy atom. The molecule has 2 fully saturated rings. The first-order valence-electron chi connectivity index (χ1n) is 11.5. The molecule has 2 aliphatic carbocycles. The van der Waals surface area contributed by atoms with Crippen molar-refractivity contribution in [1.82, 2.24) is 0 Å². The molecule has 2 saturated carbocycles. The molecule has 2 N–H and O–H groups in total. The van der Waals surface area contributed by atoms with Crippen LogP contribution in [0.15, 0.2) is 12.1 Å². The summed E-state index contributed by atoms with van der Waals surface area (Å²) in [5, 5.41) is 20.7. The summed E-state index contributed by atoms with van der Waals surface area (Å²) in [5.74, 6) is 0.750. The largest absolute Gasteiger partial charge is 0.508 e. The van der Waals surface area contributed by atoms with Gasteiger partial charge in [0, 0.05) is 11.1 Å². The predicted molar refractivity (Wildman–Crippen MR) is 113 cm³/mol. The van der Waals surface area contributed by atoms with Crippen molar-refractivity contribution in [2.45, 2.75) is 110 Å². The van der Waals surface area contributed by atoms with E-state index in [1.807, 2.05) is 0 Å². The predicted octanol–water partition coefficient (Wildman–Crippen LogP) is 7.29. The minimum absolute atomic E-state index is 0.375. The summed E-state index contributed by atoms with van der Waals surface area (Å²) in [6, 6.07) is 3.33. The van der Waals surface area contributed by atoms with Gasteiger partial charge in [0.1, 0.15) is 11.5 Å². The van der Waals surface area contributed by atoms with Crippen LogP contribution in [0.25, 0.3) is 0 Å². The average Bonchev–Trinajstić information content (AvgIpc) is 3.57. The van der Waals surface area contributed by atoms with Gasteiger partial charge in [-0.15, -0.1) is 0 Å². The number of aromatic hydroxyl groups is 2. The van der Waals surface area contributed by atoms with Gasteiger partial charge in [0.25, 0.3) is 0 Å². The molecule has 0 spiro atoms. The highest BCUT2D eigenvalue weighted by Gasteiger charge is 2.39. The fraction of sp³-hybridized carbons (Fsp3) is 0.760. The van der Waals surface area contributed by atoms with Crippen molar-refractivity contribution >= 4 is 0 Å². The van der Waals surface area contributed by atoms with Gasteiger partial charge in [-0.1, -0.05) is 46.0 Å². The number of rotatable bonds is 13. The summed E-state index contributed by atoms with van der Waals surface area (Å²) in [5.41, 5.74) is 3.34. The number of benzene rings is 1. The highest BCUT2D eigenvalue weighted by molar-refractivity contribution is 5.47. The number of hydrogen-bond donors (Lipinski definition) is 2. The fourth-order valence-corrected chi connectivity index (χ4v) is 4.66. The van der Waals surface area contributed by atoms with E-state index in [1.165, 1.54) is 70.6 Å². The molecule has 152 valence electrons. The number of unbranched alkanes of at least 4 members (excludes halogenated alkanes) is 4. The van der Waals surface area contributed by atoms with Gasteiger partial charge in [0.15, 0.2) is 0 Å². The zero-order valence-electron chi connectivity index (χ0n) is 17.7. The Morgan fingerprint density at radius 2 is 1.26 bits per heavy atom. The molecule has 27 heavy (non-hydrogen) atoms. The van der Waals surface area contributed by atoms with E-state index in [0.29, 0.717) is 22.3 Å². The van der Waals surface area contributed by atoms with Crippen molar-refractivity contribution in [2.24, 2.45) is 10.8 Å². The molecule has 1 aromatic rings. The van der Waals surface area contributed by atoms with E-state index in [9.17, 15) is 10.2 Å². The molecule has 0 heterocycles. The fourth-order valence-electron chi connectivity index (χ4n) is 4.66. The van der Waals surface area contributed by atoms with Crippen molar-refractivity contribution in [3.63, 3.8) is 0 Å². The topological polar surface area (TPSA) is 40.5 Å². The lowest BCUT2D eigenvalue weighted by Gasteiger charge is -2.15. The van der Waals surface area contributed by atoms with Crippen molar-refractivity contribution in [2.75, 3.05) is 0 Å². The van der Waals surface area contributed by atoms with Crippen LogP contribution in [0.1, 0.15) is 108 Å². The third-order valence-electron chi connectivity index (χ3n) is 7.53. The van der Waals surface area contributed by atoms with E-state index in [4.69, 9.17) is 0 Å². The first-order chi connectivity index (χ1) is 13.0. The Labute approximate surface area is 166 Å². The third kappa shape index (κ3) is 5.90. The molecule has 1 aromatic carbocycles. The Balaban J connectivity index is 1.42. The molecule has 0 bridgehead atoms. The Bertz CT molecular complexity index is 611. The van der Waals surface area contributed by atoms with Crippen LogP contribution in [0.2, 0.25) is 0 Å². The molecule has 0 atom stereocenters. The maximum absolute atomic E-state index is 10.4. The van der Waals surface area contributed by atoms with E-state index in [0.717, 1.165) is 36.8 Å². The molecule has 0 aromatic heterocycles. The van der Waals surface area contributed by atoms with Gasteiger partial charge in [0.05, 0.1) is 0 Å². The zero-order chi connectivity index (χ0) is 19.3. The van der Waals surface area contributed by atoms with Crippen LogP contribution in [0.5, 0.6) is 11.5 Å². The van der Waals surface area contributed by atoms with Gasteiger partial charge in [-0.05, 0) is 87.2 Å². The van der Waals surface area contributed by atoms with Crippen molar-refractivity contribution in [1.29, 1.82) is 0 Å². The van der Waals surface area contributed by atoms with E-state index in [1.54, 1.807) is 12.1 Å². The maximum atomic E-state index is 10.4. The van der Waals surface area contributed by atoms with E-state index in [2.05, 4.69) is 13.8 Å². The van der Waals surface area contributed by atoms with Gasteiger partial charge in [-0.25, -0.2) is 0 Å². The molecule has 2 aliphatic rings. The van der Waals surface area contributed by atoms with Crippen LogP contribution in [0.4, 0.5) is 0 Å². The summed E-state index contributed by atoms with van der Waals surface area (Å²) in [7, 11) is 0. The molecule has 3 rings (SSSR count). The van der Waals surface area contributed by atoms with Gasteiger partial charge < -0.3 is 10.2 Å². The van der Waals surface area contributed by atoms with Crippen molar-refractivity contribution in [3.8, 4) is 11.5 Å². The average molecular weight is 373 g/mol. The van der Waals surface area contributed by atoms with E-state index >= 15 is 0 Å². The molecular weight excluding hydrogens is 332 g/mol. The molecule has 0 aliphatic heterocycles. The minimum Gasteiger partial charge on any atom is -0.508 e. The van der Waals surface area contributed by atoms with Crippen molar-refractivity contribution in [3.05, 3.63) is 23.3 Å². The lowest BCUT2D eigenvalue weighted by molar-refractivity contribution is 0.419. The molecular formula is C25H40O2. The number of phenolic OH excluding ortho intramolecular Hbond substituents is 2. The van der Waals surface area contributed by atoms with E-state index < -0.39 is 0 Å². The van der Waals surface area contributed by atoms with Crippen molar-refractivity contribution < 1.29 is 10.2 Å². The zero-order valence-corrected chi connectivity index (χ0v) is 17.7. The summed E-state index contributed by atoms with van der Waals surface area (Å²) in [4.78, 5) is 0. The Kier molecular flexibility index (Phi) is 6.76. The Morgan fingerprint density at radius 1 is 0.741 bits per heavy atom. The third-order valence-corrected chi connectivity index (χ3v) is 7.53. The standard InChI is InChI=1S/C25H40O2/c1-3-25(18-19-25)15-9-5-7-11-21-20(22(26)12-13-23(21)27)10-6-4-8-14-24(2)16-17-24/h12-13,26-27H,3-11,14-19H2,1-2H3. The molecule has 2 nitrogen and oxygen atoms in total. The van der Waals surface area contributed by atoms with Crippen LogP contribution in [0, 0.1) is 10.8 Å². The van der Waals surface area contributed by atoms with Crippen LogP contribution >= 0.6 is 0 Å². The summed E-state index contributed by atoms with van der Waals surface area (Å²) < 4.78 is 0. The maximum Gasteiger partial charge on any atom is 0.119 e. The van der Waals surface area contributed by atoms with Gasteiger partial charge in [-0.2, -0.15) is 0 Å². The Hall–Kier alpha value is -1.18. The second kappa shape index (κ2) is 8.88. The van der Waals surface area contributed by atoms with E-state index in [-0.39, 0.29) is 0 Å². The quantitative estimate of drug-likeness (QED) is 0.282. The monoisotopic (exact) mass is 372 g/mol. The summed E-state index contributed by atoms with van der Waals surface area (Å²) >= 11 is 0. The van der Waals surface area contributed by atoms with Crippen LogP contribution < -0.4 is 0 Å². The van der Waals surface area contributed by atoms with Crippen LogP contribution in [-0.2, 0) is 12.8 Å². The normalized spacial score (nSPS) is 19.2. The molecule has 0 saturated heterocycles. The first kappa shape index (κ1) is 20.6. The smallest absolute Gasteiger partial charge is 0.119 e. The molecule has 0 amide bonds. The van der Waals surface area contributed by atoms with Crippen LogP contribution in [0.3, 0.4) is 0 Å².